The van der Waals surface area contributed by atoms with E-state index < -0.39 is 0 Å². The number of quaternary nitrogens is 1. The zero-order valence-electron chi connectivity index (χ0n) is 11.4. The second-order valence-corrected chi connectivity index (χ2v) is 4.30. The van der Waals surface area contributed by atoms with E-state index in [1.54, 1.807) is 7.11 Å². The van der Waals surface area contributed by atoms with Crippen molar-refractivity contribution in [1.82, 2.24) is 0 Å². The second-order valence-electron chi connectivity index (χ2n) is 4.30. The number of methoxy groups -OCH3 is 1. The van der Waals surface area contributed by atoms with Gasteiger partial charge in [-0.05, 0) is 45.0 Å². The zero-order valence-corrected chi connectivity index (χ0v) is 11.4. The van der Waals surface area contributed by atoms with E-state index in [4.69, 9.17) is 4.74 Å². The molecule has 0 amide bonds. The van der Waals surface area contributed by atoms with E-state index in [2.05, 4.69) is 32.9 Å². The molecule has 1 aromatic carbocycles. The molecular weight excluding hydrogens is 214 g/mol. The average Bonchev–Trinajstić information content (AvgIpc) is 2.37. The molecule has 0 radical (unpaired) electrons. The van der Waals surface area contributed by atoms with Crippen LogP contribution in [0.4, 0.5) is 0 Å². The molecule has 3 heteroatoms. The van der Waals surface area contributed by atoms with Crippen LogP contribution in [-0.2, 0) is 6.54 Å². The molecular formula is C14H25NO2. The number of nitrogens with zero attached hydrogens (tertiary/aromatic N) is 1. The molecule has 0 saturated carbocycles. The van der Waals surface area contributed by atoms with Crippen molar-refractivity contribution in [2.45, 2.75) is 27.3 Å². The average molecular weight is 239 g/mol. The normalized spacial score (nSPS) is 10.8. The van der Waals surface area contributed by atoms with Crippen molar-refractivity contribution < 1.29 is 14.7 Å². The van der Waals surface area contributed by atoms with Crippen LogP contribution in [0, 0.1) is 0 Å². The summed E-state index contributed by atoms with van der Waals surface area (Å²) in [6.07, 6.45) is 0. The summed E-state index contributed by atoms with van der Waals surface area (Å²) < 4.78 is 6.33. The lowest BCUT2D eigenvalue weighted by atomic mass is 10.1. The Hall–Kier alpha value is -1.06. The summed E-state index contributed by atoms with van der Waals surface area (Å²) >= 11 is 0. The predicted molar refractivity (Wildman–Crippen MR) is 70.5 cm³/mol. The van der Waals surface area contributed by atoms with Gasteiger partial charge < -0.3 is 14.7 Å². The monoisotopic (exact) mass is 239 g/mol. The summed E-state index contributed by atoms with van der Waals surface area (Å²) in [5.41, 5.74) is 1.39. The van der Waals surface area contributed by atoms with Gasteiger partial charge in [-0.1, -0.05) is 0 Å². The van der Waals surface area contributed by atoms with Gasteiger partial charge in [-0.2, -0.15) is 0 Å². The molecule has 0 spiro atoms. The fourth-order valence-electron chi connectivity index (χ4n) is 2.12. The molecule has 0 heterocycles. The van der Waals surface area contributed by atoms with Crippen LogP contribution in [0.1, 0.15) is 26.3 Å². The quantitative estimate of drug-likeness (QED) is 0.716. The van der Waals surface area contributed by atoms with Crippen molar-refractivity contribution in [3.8, 4) is 5.75 Å². The van der Waals surface area contributed by atoms with Crippen LogP contribution in [-0.4, -0.2) is 36.7 Å². The van der Waals surface area contributed by atoms with Crippen LogP contribution >= 0.6 is 0 Å². The summed E-state index contributed by atoms with van der Waals surface area (Å²) in [5, 5.41) is 0. The molecule has 0 aromatic heterocycles. The van der Waals surface area contributed by atoms with Crippen LogP contribution in [0.5, 0.6) is 5.75 Å². The minimum Gasteiger partial charge on any atom is -0.870 e. The Morgan fingerprint density at radius 2 is 1.41 bits per heavy atom. The predicted octanol–water partition coefficient (Wildman–Crippen LogP) is 2.89. The Morgan fingerprint density at radius 1 is 0.941 bits per heavy atom. The largest absolute Gasteiger partial charge is 0.870 e. The molecule has 0 aliphatic rings. The number of rotatable bonds is 6. The van der Waals surface area contributed by atoms with Crippen molar-refractivity contribution in [3.63, 3.8) is 0 Å². The summed E-state index contributed by atoms with van der Waals surface area (Å²) in [7, 11) is 1.71. The summed E-state index contributed by atoms with van der Waals surface area (Å²) in [4.78, 5) is 0. The Bertz CT molecular complexity index is 296. The van der Waals surface area contributed by atoms with Crippen molar-refractivity contribution >= 4 is 0 Å². The van der Waals surface area contributed by atoms with E-state index in [0.717, 1.165) is 16.8 Å². The van der Waals surface area contributed by atoms with Crippen molar-refractivity contribution in [2.75, 3.05) is 26.7 Å². The zero-order chi connectivity index (χ0) is 12.0. The molecule has 0 atom stereocenters. The fourth-order valence-corrected chi connectivity index (χ4v) is 2.12. The lowest BCUT2D eigenvalue weighted by Crippen LogP contribution is -2.46. The minimum absolute atomic E-state index is 0. The van der Waals surface area contributed by atoms with Gasteiger partial charge >= 0.3 is 0 Å². The minimum atomic E-state index is 0. The first kappa shape index (κ1) is 15.9. The van der Waals surface area contributed by atoms with Gasteiger partial charge in [0.1, 0.15) is 12.3 Å². The van der Waals surface area contributed by atoms with E-state index in [1.807, 2.05) is 12.1 Å². The summed E-state index contributed by atoms with van der Waals surface area (Å²) in [6, 6.07) is 8.44. The first-order chi connectivity index (χ1) is 7.69. The highest BCUT2D eigenvalue weighted by atomic mass is 16.5. The number of hydrogen-bond acceptors (Lipinski definition) is 2. The molecule has 0 aliphatic heterocycles. The van der Waals surface area contributed by atoms with Gasteiger partial charge in [0.15, 0.2) is 0 Å². The second kappa shape index (κ2) is 7.30. The van der Waals surface area contributed by atoms with E-state index in [-0.39, 0.29) is 5.48 Å². The molecule has 0 saturated heterocycles. The molecule has 17 heavy (non-hydrogen) atoms. The topological polar surface area (TPSA) is 39.2 Å². The van der Waals surface area contributed by atoms with Crippen LogP contribution in [0.2, 0.25) is 0 Å². The van der Waals surface area contributed by atoms with Gasteiger partial charge in [0.05, 0.1) is 26.7 Å². The Morgan fingerprint density at radius 3 is 1.76 bits per heavy atom. The van der Waals surface area contributed by atoms with Gasteiger partial charge in [0, 0.05) is 5.56 Å². The highest BCUT2D eigenvalue weighted by Crippen LogP contribution is 2.17. The first-order valence-electron chi connectivity index (χ1n) is 6.17. The van der Waals surface area contributed by atoms with Crippen LogP contribution in [0.3, 0.4) is 0 Å². The molecule has 1 N–H and O–H groups in total. The van der Waals surface area contributed by atoms with Gasteiger partial charge in [-0.15, -0.1) is 0 Å². The summed E-state index contributed by atoms with van der Waals surface area (Å²) in [5.74, 6) is 0.936. The van der Waals surface area contributed by atoms with E-state index >= 15 is 0 Å². The number of ether oxygens (including phenoxy) is 1. The number of hydrogen-bond donors (Lipinski definition) is 0. The summed E-state index contributed by atoms with van der Waals surface area (Å²) in [6.45, 7) is 11.5. The van der Waals surface area contributed by atoms with Gasteiger partial charge in [0.2, 0.25) is 0 Å². The maximum atomic E-state index is 5.17. The van der Waals surface area contributed by atoms with Gasteiger partial charge in [-0.3, -0.25) is 0 Å². The SMILES string of the molecule is CC[N+](CC)(CC)Cc1ccc(OC)cc1.[OH-]. The third-order valence-corrected chi connectivity index (χ3v) is 3.69. The maximum Gasteiger partial charge on any atom is 0.118 e. The third kappa shape index (κ3) is 4.02. The molecule has 0 fully saturated rings. The molecule has 98 valence electrons. The van der Waals surface area contributed by atoms with Gasteiger partial charge in [-0.25, -0.2) is 0 Å². The molecule has 1 rings (SSSR count). The van der Waals surface area contributed by atoms with E-state index in [9.17, 15) is 0 Å². The van der Waals surface area contributed by atoms with Crippen molar-refractivity contribution in [2.24, 2.45) is 0 Å². The Kier molecular flexibility index (Phi) is 6.85. The highest BCUT2D eigenvalue weighted by molar-refractivity contribution is 5.26. The lowest BCUT2D eigenvalue weighted by Gasteiger charge is -2.35. The Labute approximate surface area is 105 Å². The number of benzene rings is 1. The van der Waals surface area contributed by atoms with E-state index in [1.165, 1.54) is 25.2 Å². The maximum absolute atomic E-state index is 5.17. The molecule has 0 bridgehead atoms. The van der Waals surface area contributed by atoms with Crippen molar-refractivity contribution in [3.05, 3.63) is 29.8 Å². The Balaban J connectivity index is 0.00000256. The lowest BCUT2D eigenvalue weighted by molar-refractivity contribution is -0.936. The standard InChI is InChI=1S/C14H24NO.H2O/c1-5-15(6-2,7-3)12-13-8-10-14(16-4)11-9-13;/h8-11H,5-7,12H2,1-4H3;1H2/q+1;/p-1. The van der Waals surface area contributed by atoms with Gasteiger partial charge in [0.25, 0.3) is 0 Å². The molecule has 1 aromatic rings. The highest BCUT2D eigenvalue weighted by Gasteiger charge is 2.20. The van der Waals surface area contributed by atoms with Crippen LogP contribution in [0.15, 0.2) is 24.3 Å². The fraction of sp³-hybridized carbons (Fsp3) is 0.571. The third-order valence-electron chi connectivity index (χ3n) is 3.69. The smallest absolute Gasteiger partial charge is 0.118 e. The molecule has 0 unspecified atom stereocenters. The van der Waals surface area contributed by atoms with Crippen LogP contribution < -0.4 is 4.74 Å². The molecule has 3 nitrogen and oxygen atoms in total. The van der Waals surface area contributed by atoms with E-state index in [0.29, 0.717) is 0 Å². The molecule has 0 aliphatic carbocycles. The van der Waals surface area contributed by atoms with Crippen LogP contribution in [0.25, 0.3) is 0 Å². The first-order valence-corrected chi connectivity index (χ1v) is 6.17. The van der Waals surface area contributed by atoms with Crippen molar-refractivity contribution in [1.29, 1.82) is 0 Å².